The number of anilines is 3. The van der Waals surface area contributed by atoms with Crippen molar-refractivity contribution in [2.45, 2.75) is 37.9 Å². The molecular formula is C20H24ClN3O2S. The third kappa shape index (κ3) is 3.96. The Bertz CT molecular complexity index is 980. The van der Waals surface area contributed by atoms with Gasteiger partial charge in [-0.2, -0.15) is 0 Å². The zero-order chi connectivity index (χ0) is 19.8. The number of benzene rings is 1. The van der Waals surface area contributed by atoms with Gasteiger partial charge < -0.3 is 10.0 Å². The summed E-state index contributed by atoms with van der Waals surface area (Å²) >= 11 is 6.34. The summed E-state index contributed by atoms with van der Waals surface area (Å²) in [5.74, 6) is 0.527. The first-order valence-corrected chi connectivity index (χ1v) is 10.3. The summed E-state index contributed by atoms with van der Waals surface area (Å²) in [5, 5.41) is 3.78. The number of allylic oxidation sites excluding steroid dienone is 1. The molecular weight excluding hydrogens is 382 g/mol. The van der Waals surface area contributed by atoms with Crippen molar-refractivity contribution in [1.29, 1.82) is 0 Å². The zero-order valence-corrected chi connectivity index (χ0v) is 17.3. The molecule has 2 N–H and O–H groups in total. The van der Waals surface area contributed by atoms with Gasteiger partial charge in [-0.3, -0.25) is 9.36 Å². The third-order valence-electron chi connectivity index (χ3n) is 4.89. The summed E-state index contributed by atoms with van der Waals surface area (Å²) in [7, 11) is 0.405. The van der Waals surface area contributed by atoms with Crippen LogP contribution >= 0.6 is 11.6 Å². The van der Waals surface area contributed by atoms with Gasteiger partial charge in [0.25, 0.3) is 5.56 Å². The molecule has 0 amide bonds. The van der Waals surface area contributed by atoms with Crippen LogP contribution in [-0.4, -0.2) is 13.5 Å². The largest absolute Gasteiger partial charge is 0.339 e. The lowest BCUT2D eigenvalue weighted by Gasteiger charge is -2.21. The number of hydrogen-bond donors (Lipinski definition) is 2. The first-order valence-electron chi connectivity index (χ1n) is 8.80. The fourth-order valence-corrected chi connectivity index (χ4v) is 4.64. The fraction of sp³-hybridized carbons (Fsp3) is 0.350. The van der Waals surface area contributed by atoms with Gasteiger partial charge >= 0.3 is 0 Å². The minimum Gasteiger partial charge on any atom is -0.339 e. The van der Waals surface area contributed by atoms with Gasteiger partial charge in [0.15, 0.2) is 0 Å². The van der Waals surface area contributed by atoms with Crippen molar-refractivity contribution in [1.82, 2.24) is 4.57 Å². The van der Waals surface area contributed by atoms with Crippen molar-refractivity contribution in [3.63, 3.8) is 0 Å². The second-order valence-corrected chi connectivity index (χ2v) is 9.12. The number of pyridine rings is 1. The molecule has 1 aliphatic rings. The number of halogens is 1. The van der Waals surface area contributed by atoms with Crippen LogP contribution in [0.2, 0.25) is 5.02 Å². The van der Waals surface area contributed by atoms with Crippen molar-refractivity contribution in [2.75, 3.05) is 10.0 Å². The van der Waals surface area contributed by atoms with E-state index < -0.39 is 11.0 Å². The maximum atomic E-state index is 12.9. The topological polar surface area (TPSA) is 63.1 Å². The number of aromatic nitrogens is 1. The molecule has 7 heteroatoms. The number of nitrogens with zero attached hydrogens (tertiary/aromatic N) is 1. The zero-order valence-electron chi connectivity index (χ0n) is 15.8. The lowest BCUT2D eigenvalue weighted by atomic mass is 10.2. The summed E-state index contributed by atoms with van der Waals surface area (Å²) < 4.78 is 17.3. The van der Waals surface area contributed by atoms with Crippen molar-refractivity contribution >= 4 is 39.8 Å². The molecule has 1 unspecified atom stereocenters. The van der Waals surface area contributed by atoms with Gasteiger partial charge in [-0.15, -0.1) is 6.58 Å². The van der Waals surface area contributed by atoms with Crippen molar-refractivity contribution in [3.05, 3.63) is 63.4 Å². The van der Waals surface area contributed by atoms with Crippen LogP contribution in [0.1, 0.15) is 30.4 Å². The van der Waals surface area contributed by atoms with Crippen molar-refractivity contribution in [2.24, 2.45) is 7.05 Å². The van der Waals surface area contributed by atoms with Crippen LogP contribution in [0.4, 0.5) is 17.2 Å². The molecule has 1 atom stereocenters. The van der Waals surface area contributed by atoms with Gasteiger partial charge in [0.05, 0.1) is 21.1 Å². The summed E-state index contributed by atoms with van der Waals surface area (Å²) in [6, 6.07) is 7.39. The minimum atomic E-state index is -1.28. The van der Waals surface area contributed by atoms with Gasteiger partial charge in [0.2, 0.25) is 0 Å². The summed E-state index contributed by atoms with van der Waals surface area (Å²) in [5.41, 5.74) is 2.79. The number of hydrogen-bond acceptors (Lipinski definition) is 3. The van der Waals surface area contributed by atoms with E-state index in [0.717, 1.165) is 18.4 Å². The Balaban J connectivity index is 1.99. The lowest BCUT2D eigenvalue weighted by molar-refractivity contribution is 0.671. The molecule has 27 heavy (non-hydrogen) atoms. The Morgan fingerprint density at radius 3 is 2.59 bits per heavy atom. The fourth-order valence-electron chi connectivity index (χ4n) is 3.05. The number of aryl methyl sites for hydroxylation is 2. The number of nitrogens with one attached hydrogen (secondary N) is 2. The minimum absolute atomic E-state index is 0.121. The lowest BCUT2D eigenvalue weighted by Crippen LogP contribution is -2.27. The molecule has 2 aromatic rings. The highest BCUT2D eigenvalue weighted by molar-refractivity contribution is 7.88. The van der Waals surface area contributed by atoms with Crippen LogP contribution in [0.3, 0.4) is 0 Å². The third-order valence-corrected chi connectivity index (χ3v) is 6.97. The standard InChI is InChI=1S/C20H24ClN3O2S/c1-5-8-20(9-10-20)27(26)23-17-12-14(3)19(25)24(4)18(17)22-16-7-6-13(2)11-15(16)21/h5-7,11-12,22-23H,1,8-10H2,2-4H3. The van der Waals surface area contributed by atoms with Gasteiger partial charge in [-0.1, -0.05) is 23.7 Å². The highest BCUT2D eigenvalue weighted by atomic mass is 35.5. The summed E-state index contributed by atoms with van der Waals surface area (Å²) in [6.07, 6.45) is 4.31. The van der Waals surface area contributed by atoms with Crippen molar-refractivity contribution < 1.29 is 4.21 Å². The Morgan fingerprint density at radius 2 is 2.00 bits per heavy atom. The normalized spacial score (nSPS) is 15.9. The molecule has 0 spiro atoms. The van der Waals surface area contributed by atoms with E-state index in [1.165, 1.54) is 4.57 Å². The molecule has 1 aromatic heterocycles. The van der Waals surface area contributed by atoms with Gasteiger partial charge in [0.1, 0.15) is 16.8 Å². The molecule has 1 fully saturated rings. The summed E-state index contributed by atoms with van der Waals surface area (Å²) in [6.45, 7) is 7.48. The average molecular weight is 406 g/mol. The average Bonchev–Trinajstić information content (AvgIpc) is 3.39. The second-order valence-electron chi connectivity index (χ2n) is 7.11. The van der Waals surface area contributed by atoms with E-state index in [9.17, 15) is 9.00 Å². The van der Waals surface area contributed by atoms with Crippen LogP contribution in [0, 0.1) is 13.8 Å². The first kappa shape index (κ1) is 19.7. The number of rotatable bonds is 7. The molecule has 0 radical (unpaired) electrons. The molecule has 0 bridgehead atoms. The Kier molecular flexibility index (Phi) is 5.49. The predicted molar refractivity (Wildman–Crippen MR) is 114 cm³/mol. The smallest absolute Gasteiger partial charge is 0.254 e. The van der Waals surface area contributed by atoms with E-state index >= 15 is 0 Å². The highest BCUT2D eigenvalue weighted by Crippen LogP contribution is 2.45. The van der Waals surface area contributed by atoms with Gasteiger partial charge in [-0.25, -0.2) is 4.21 Å². The van der Waals surface area contributed by atoms with Crippen LogP contribution in [0.5, 0.6) is 0 Å². The molecule has 5 nitrogen and oxygen atoms in total. The van der Waals surface area contributed by atoms with Crippen LogP contribution < -0.4 is 15.6 Å². The molecule has 144 valence electrons. The highest BCUT2D eigenvalue weighted by Gasteiger charge is 2.48. The van der Waals surface area contributed by atoms with Crippen LogP contribution in [-0.2, 0) is 18.0 Å². The Morgan fingerprint density at radius 1 is 1.30 bits per heavy atom. The Hall–Kier alpha value is -2.05. The van der Waals surface area contributed by atoms with Gasteiger partial charge in [0, 0.05) is 12.6 Å². The maximum Gasteiger partial charge on any atom is 0.254 e. The molecule has 0 saturated heterocycles. The van der Waals surface area contributed by atoms with E-state index in [1.54, 1.807) is 20.0 Å². The van der Waals surface area contributed by atoms with Crippen molar-refractivity contribution in [3.8, 4) is 0 Å². The maximum absolute atomic E-state index is 12.9. The van der Waals surface area contributed by atoms with E-state index in [0.29, 0.717) is 34.2 Å². The molecule has 1 saturated carbocycles. The molecule has 1 aromatic carbocycles. The Labute approximate surface area is 167 Å². The SMILES string of the molecule is C=CCC1(S(=O)Nc2cc(C)c(=O)n(C)c2Nc2ccc(C)cc2Cl)CC1. The summed E-state index contributed by atoms with van der Waals surface area (Å²) in [4.78, 5) is 12.4. The quantitative estimate of drug-likeness (QED) is 0.662. The first-order chi connectivity index (χ1) is 12.8. The monoisotopic (exact) mass is 405 g/mol. The predicted octanol–water partition coefficient (Wildman–Crippen LogP) is 4.58. The van der Waals surface area contributed by atoms with Crippen LogP contribution in [0.25, 0.3) is 0 Å². The molecule has 0 aliphatic heterocycles. The van der Waals surface area contributed by atoms with E-state index in [4.69, 9.17) is 11.6 Å². The van der Waals surface area contributed by atoms with E-state index in [-0.39, 0.29) is 10.3 Å². The van der Waals surface area contributed by atoms with E-state index in [2.05, 4.69) is 16.6 Å². The van der Waals surface area contributed by atoms with Crippen LogP contribution in [0.15, 0.2) is 41.7 Å². The van der Waals surface area contributed by atoms with Gasteiger partial charge in [-0.05, 0) is 56.9 Å². The second kappa shape index (κ2) is 7.52. The molecule has 3 rings (SSSR count). The van der Waals surface area contributed by atoms with E-state index in [1.807, 2.05) is 31.2 Å². The molecule has 1 aliphatic carbocycles. The molecule has 1 heterocycles.